The van der Waals surface area contributed by atoms with Crippen LogP contribution in [0.5, 0.6) is 0 Å². The first-order valence-electron chi connectivity index (χ1n) is 5.04. The van der Waals surface area contributed by atoms with Crippen LogP contribution in [0.2, 0.25) is 0 Å². The molecule has 1 unspecified atom stereocenters. The van der Waals surface area contributed by atoms with Gasteiger partial charge < -0.3 is 9.84 Å². The van der Waals surface area contributed by atoms with Gasteiger partial charge in [-0.25, -0.2) is 4.79 Å². The molecule has 0 radical (unpaired) electrons. The highest BCUT2D eigenvalue weighted by molar-refractivity contribution is 5.85. The van der Waals surface area contributed by atoms with E-state index in [9.17, 15) is 9.90 Å². The Hall–Kier alpha value is -1.68. The molecule has 4 heteroatoms. The van der Waals surface area contributed by atoms with Gasteiger partial charge in [-0.05, 0) is 24.5 Å². The molecule has 0 amide bonds. The number of ether oxygens (including phenoxy) is 1. The van der Waals surface area contributed by atoms with E-state index in [-0.39, 0.29) is 6.42 Å². The SMILES string of the molecule is C=C1CCC(O)(C(=O)OC)c2cccnc21. The zero-order valence-electron chi connectivity index (χ0n) is 9.06. The summed E-state index contributed by atoms with van der Waals surface area (Å²) >= 11 is 0. The van der Waals surface area contributed by atoms with Crippen molar-refractivity contribution < 1.29 is 14.6 Å². The molecule has 1 aromatic rings. The largest absolute Gasteiger partial charge is 0.467 e. The number of rotatable bonds is 1. The molecule has 1 aromatic heterocycles. The lowest BCUT2D eigenvalue weighted by Gasteiger charge is -2.31. The molecule has 1 aliphatic rings. The predicted molar refractivity (Wildman–Crippen MR) is 58.4 cm³/mol. The quantitative estimate of drug-likeness (QED) is 0.722. The molecule has 4 nitrogen and oxygen atoms in total. The number of hydrogen-bond acceptors (Lipinski definition) is 4. The maximum absolute atomic E-state index is 11.6. The molecule has 0 aromatic carbocycles. The molecule has 84 valence electrons. The van der Waals surface area contributed by atoms with Crippen molar-refractivity contribution in [3.63, 3.8) is 0 Å². The number of aromatic nitrogens is 1. The van der Waals surface area contributed by atoms with Gasteiger partial charge in [0.2, 0.25) is 0 Å². The van der Waals surface area contributed by atoms with Gasteiger partial charge in [0, 0.05) is 11.8 Å². The third-order valence-corrected chi connectivity index (χ3v) is 2.90. The first-order chi connectivity index (χ1) is 7.59. The van der Waals surface area contributed by atoms with Gasteiger partial charge in [-0.15, -0.1) is 0 Å². The molecule has 0 aliphatic heterocycles. The molecule has 0 bridgehead atoms. The smallest absolute Gasteiger partial charge is 0.342 e. The molecule has 1 N–H and O–H groups in total. The fourth-order valence-electron chi connectivity index (χ4n) is 1.99. The van der Waals surface area contributed by atoms with Gasteiger partial charge in [-0.3, -0.25) is 4.98 Å². The Morgan fingerprint density at radius 2 is 2.44 bits per heavy atom. The van der Waals surface area contributed by atoms with Crippen molar-refractivity contribution in [2.75, 3.05) is 7.11 Å². The Balaban J connectivity index is 2.57. The summed E-state index contributed by atoms with van der Waals surface area (Å²) < 4.78 is 4.64. The number of hydrogen-bond donors (Lipinski definition) is 1. The summed E-state index contributed by atoms with van der Waals surface area (Å²) in [5, 5.41) is 10.4. The molecule has 0 saturated heterocycles. The molecule has 2 rings (SSSR count). The topological polar surface area (TPSA) is 59.4 Å². The summed E-state index contributed by atoms with van der Waals surface area (Å²) in [4.78, 5) is 15.8. The Morgan fingerprint density at radius 1 is 1.69 bits per heavy atom. The van der Waals surface area contributed by atoms with Crippen LogP contribution < -0.4 is 0 Å². The summed E-state index contributed by atoms with van der Waals surface area (Å²) in [7, 11) is 1.26. The number of aliphatic hydroxyl groups is 1. The van der Waals surface area contributed by atoms with Crippen LogP contribution in [0.15, 0.2) is 24.9 Å². The summed E-state index contributed by atoms with van der Waals surface area (Å²) in [6.45, 7) is 3.88. The number of pyridine rings is 1. The summed E-state index contributed by atoms with van der Waals surface area (Å²) in [6.07, 6.45) is 2.44. The normalized spacial score (nSPS) is 23.8. The maximum Gasteiger partial charge on any atom is 0.342 e. The molecule has 0 spiro atoms. The lowest BCUT2D eigenvalue weighted by molar-refractivity contribution is -0.164. The van der Waals surface area contributed by atoms with E-state index in [1.54, 1.807) is 18.3 Å². The number of nitrogens with zero attached hydrogens (tertiary/aromatic N) is 1. The Morgan fingerprint density at radius 3 is 3.12 bits per heavy atom. The van der Waals surface area contributed by atoms with Crippen LogP contribution in [0, 0.1) is 0 Å². The lowest BCUT2D eigenvalue weighted by Crippen LogP contribution is -2.39. The molecule has 1 aliphatic carbocycles. The van der Waals surface area contributed by atoms with Crippen molar-refractivity contribution in [1.82, 2.24) is 4.98 Å². The van der Waals surface area contributed by atoms with Gasteiger partial charge in [-0.2, -0.15) is 0 Å². The fourth-order valence-corrected chi connectivity index (χ4v) is 1.99. The van der Waals surface area contributed by atoms with E-state index >= 15 is 0 Å². The van der Waals surface area contributed by atoms with E-state index < -0.39 is 11.6 Å². The second-order valence-corrected chi connectivity index (χ2v) is 3.85. The zero-order chi connectivity index (χ0) is 11.8. The number of fused-ring (bicyclic) bond motifs is 1. The van der Waals surface area contributed by atoms with Crippen molar-refractivity contribution in [1.29, 1.82) is 0 Å². The van der Waals surface area contributed by atoms with E-state index in [2.05, 4.69) is 16.3 Å². The molecule has 0 saturated carbocycles. The van der Waals surface area contributed by atoms with E-state index in [0.29, 0.717) is 17.7 Å². The van der Waals surface area contributed by atoms with Crippen LogP contribution in [-0.4, -0.2) is 23.2 Å². The molecule has 16 heavy (non-hydrogen) atoms. The van der Waals surface area contributed by atoms with Crippen molar-refractivity contribution in [2.45, 2.75) is 18.4 Å². The third-order valence-electron chi connectivity index (χ3n) is 2.90. The van der Waals surface area contributed by atoms with Crippen LogP contribution >= 0.6 is 0 Å². The highest BCUT2D eigenvalue weighted by atomic mass is 16.5. The number of carbonyl (C=O) groups excluding carboxylic acids is 1. The van der Waals surface area contributed by atoms with Gasteiger partial charge in [0.1, 0.15) is 0 Å². The van der Waals surface area contributed by atoms with Crippen molar-refractivity contribution in [2.24, 2.45) is 0 Å². The van der Waals surface area contributed by atoms with Crippen LogP contribution in [0.4, 0.5) is 0 Å². The van der Waals surface area contributed by atoms with Gasteiger partial charge in [0.15, 0.2) is 5.60 Å². The highest BCUT2D eigenvalue weighted by Gasteiger charge is 2.44. The van der Waals surface area contributed by atoms with E-state index in [1.807, 2.05) is 0 Å². The van der Waals surface area contributed by atoms with Gasteiger partial charge in [0.25, 0.3) is 0 Å². The second kappa shape index (κ2) is 3.72. The van der Waals surface area contributed by atoms with E-state index in [0.717, 1.165) is 5.57 Å². The van der Waals surface area contributed by atoms with Crippen LogP contribution in [0.25, 0.3) is 5.57 Å². The van der Waals surface area contributed by atoms with Gasteiger partial charge in [0.05, 0.1) is 12.8 Å². The van der Waals surface area contributed by atoms with Gasteiger partial charge >= 0.3 is 5.97 Å². The standard InChI is InChI=1S/C12H13NO3/c1-8-5-6-12(15,11(14)16-2)9-4-3-7-13-10(8)9/h3-4,7,15H,1,5-6H2,2H3. The minimum atomic E-state index is -1.58. The van der Waals surface area contributed by atoms with Crippen molar-refractivity contribution >= 4 is 11.5 Å². The van der Waals surface area contributed by atoms with E-state index in [1.165, 1.54) is 7.11 Å². The number of allylic oxidation sites excluding steroid dienone is 1. The highest BCUT2D eigenvalue weighted by Crippen LogP contribution is 2.39. The average Bonchev–Trinajstić information content (AvgIpc) is 2.33. The summed E-state index contributed by atoms with van der Waals surface area (Å²) in [5.74, 6) is -0.644. The second-order valence-electron chi connectivity index (χ2n) is 3.85. The minimum Gasteiger partial charge on any atom is -0.467 e. The first-order valence-corrected chi connectivity index (χ1v) is 5.04. The minimum absolute atomic E-state index is 0.289. The summed E-state index contributed by atoms with van der Waals surface area (Å²) in [5.41, 5.74) is 0.337. The molecular weight excluding hydrogens is 206 g/mol. The maximum atomic E-state index is 11.6. The Kier molecular flexibility index (Phi) is 2.52. The number of esters is 1. The van der Waals surface area contributed by atoms with Crippen molar-refractivity contribution in [3.8, 4) is 0 Å². The number of carbonyl (C=O) groups is 1. The monoisotopic (exact) mass is 219 g/mol. The van der Waals surface area contributed by atoms with Gasteiger partial charge in [-0.1, -0.05) is 12.6 Å². The number of methoxy groups -OCH3 is 1. The molecular formula is C12H13NO3. The van der Waals surface area contributed by atoms with Crippen LogP contribution in [0.1, 0.15) is 24.1 Å². The third kappa shape index (κ3) is 1.42. The average molecular weight is 219 g/mol. The van der Waals surface area contributed by atoms with Crippen molar-refractivity contribution in [3.05, 3.63) is 36.2 Å². The molecule has 0 fully saturated rings. The summed E-state index contributed by atoms with van der Waals surface area (Å²) in [6, 6.07) is 3.37. The molecule has 1 atom stereocenters. The van der Waals surface area contributed by atoms with Crippen LogP contribution in [-0.2, 0) is 15.1 Å². The fraction of sp³-hybridized carbons (Fsp3) is 0.333. The zero-order valence-corrected chi connectivity index (χ0v) is 9.06. The molecule has 1 heterocycles. The van der Waals surface area contributed by atoms with E-state index in [4.69, 9.17) is 0 Å². The Bertz CT molecular complexity index is 455. The predicted octanol–water partition coefficient (Wildman–Crippen LogP) is 1.25. The first kappa shape index (κ1) is 10.8. The lowest BCUT2D eigenvalue weighted by atomic mass is 9.79. The van der Waals surface area contributed by atoms with Crippen LogP contribution in [0.3, 0.4) is 0 Å². The Labute approximate surface area is 93.6 Å².